The van der Waals surface area contributed by atoms with Gasteiger partial charge in [-0.1, -0.05) is 36.4 Å². The maximum absolute atomic E-state index is 11.2. The summed E-state index contributed by atoms with van der Waals surface area (Å²) >= 11 is 0. The summed E-state index contributed by atoms with van der Waals surface area (Å²) in [5, 5.41) is 10.6. The number of esters is 1. The molecule has 0 radical (unpaired) electrons. The Labute approximate surface area is 144 Å². The van der Waals surface area contributed by atoms with Crippen LogP contribution in [0, 0.1) is 0 Å². The standard InChI is InChI=1S/C9H9NO3.C9H7NO2/c11-8(12)6-10-9(13)7-4-2-1-3-5-7;11-8-6-10-9(12-8)7-4-2-1-3-5-7/h1-5H,6H2,(H,10,13)(H,11,12);1-5H,6H2. The van der Waals surface area contributed by atoms with Crippen LogP contribution in [-0.2, 0) is 14.3 Å². The van der Waals surface area contributed by atoms with Gasteiger partial charge in [-0.3, -0.25) is 9.59 Å². The molecule has 128 valence electrons. The first-order chi connectivity index (χ1) is 12.1. The van der Waals surface area contributed by atoms with E-state index in [0.717, 1.165) is 5.56 Å². The highest BCUT2D eigenvalue weighted by Crippen LogP contribution is 2.07. The van der Waals surface area contributed by atoms with Gasteiger partial charge in [-0.15, -0.1) is 0 Å². The number of cyclic esters (lactones) is 1. The molecule has 0 atom stereocenters. The molecular formula is C18H16N2O5. The van der Waals surface area contributed by atoms with E-state index >= 15 is 0 Å². The first kappa shape index (κ1) is 17.9. The van der Waals surface area contributed by atoms with Crippen LogP contribution in [0.15, 0.2) is 65.7 Å². The van der Waals surface area contributed by atoms with Crippen molar-refractivity contribution in [2.75, 3.05) is 13.1 Å². The Morgan fingerprint density at radius 2 is 1.64 bits per heavy atom. The number of benzene rings is 2. The lowest BCUT2D eigenvalue weighted by Gasteiger charge is -2.00. The SMILES string of the molecule is O=C(O)CNC(=O)c1ccccc1.O=C1CN=C(c2ccccc2)O1. The second kappa shape index (κ2) is 8.97. The first-order valence-corrected chi connectivity index (χ1v) is 7.42. The Kier molecular flexibility index (Phi) is 6.41. The van der Waals surface area contributed by atoms with Crippen LogP contribution >= 0.6 is 0 Å². The Morgan fingerprint density at radius 3 is 2.16 bits per heavy atom. The quantitative estimate of drug-likeness (QED) is 0.821. The summed E-state index contributed by atoms with van der Waals surface area (Å²) in [5.74, 6) is -1.28. The van der Waals surface area contributed by atoms with E-state index in [2.05, 4.69) is 10.3 Å². The van der Waals surface area contributed by atoms with Gasteiger partial charge in [-0.2, -0.15) is 0 Å². The summed E-state index contributed by atoms with van der Waals surface area (Å²) < 4.78 is 4.86. The molecule has 0 fully saturated rings. The highest BCUT2D eigenvalue weighted by Gasteiger charge is 2.16. The number of hydrogen-bond donors (Lipinski definition) is 2. The fourth-order valence-electron chi connectivity index (χ4n) is 1.89. The van der Waals surface area contributed by atoms with Gasteiger partial charge in [0.05, 0.1) is 0 Å². The number of carbonyl (C=O) groups is 3. The average molecular weight is 340 g/mol. The summed E-state index contributed by atoms with van der Waals surface area (Å²) in [7, 11) is 0. The van der Waals surface area contributed by atoms with Gasteiger partial charge in [-0.25, -0.2) is 9.79 Å². The Hall–Kier alpha value is -3.48. The number of aliphatic imine (C=N–C) groups is 1. The molecule has 0 spiro atoms. The lowest BCUT2D eigenvalue weighted by molar-refractivity contribution is -0.136. The number of carboxylic acids is 1. The molecule has 1 heterocycles. The maximum atomic E-state index is 11.2. The zero-order valence-corrected chi connectivity index (χ0v) is 13.2. The molecule has 7 heteroatoms. The molecule has 0 unspecified atom stereocenters. The number of hydrogen-bond acceptors (Lipinski definition) is 5. The maximum Gasteiger partial charge on any atom is 0.334 e. The van der Waals surface area contributed by atoms with Crippen molar-refractivity contribution >= 4 is 23.7 Å². The van der Waals surface area contributed by atoms with E-state index in [0.29, 0.717) is 11.5 Å². The van der Waals surface area contributed by atoms with Crippen LogP contribution in [0.4, 0.5) is 0 Å². The van der Waals surface area contributed by atoms with Gasteiger partial charge in [0.2, 0.25) is 5.90 Å². The van der Waals surface area contributed by atoms with Gasteiger partial charge in [0.25, 0.3) is 5.91 Å². The Bertz CT molecular complexity index is 773. The van der Waals surface area contributed by atoms with Crippen LogP contribution in [0.25, 0.3) is 0 Å². The molecule has 0 aromatic heterocycles. The molecule has 25 heavy (non-hydrogen) atoms. The van der Waals surface area contributed by atoms with Crippen molar-refractivity contribution in [3.05, 3.63) is 71.8 Å². The number of aliphatic carboxylic acids is 1. The predicted molar refractivity (Wildman–Crippen MR) is 90.3 cm³/mol. The van der Waals surface area contributed by atoms with E-state index in [4.69, 9.17) is 9.84 Å². The Morgan fingerprint density at radius 1 is 1.04 bits per heavy atom. The third kappa shape index (κ3) is 5.91. The number of carbonyl (C=O) groups excluding carboxylic acids is 2. The van der Waals surface area contributed by atoms with Gasteiger partial charge in [-0.05, 0) is 24.3 Å². The van der Waals surface area contributed by atoms with Gasteiger partial charge >= 0.3 is 11.9 Å². The van der Waals surface area contributed by atoms with Gasteiger partial charge < -0.3 is 15.2 Å². The summed E-state index contributed by atoms with van der Waals surface area (Å²) in [6, 6.07) is 17.8. The van der Waals surface area contributed by atoms with E-state index in [1.165, 1.54) is 0 Å². The number of nitrogens with zero attached hydrogens (tertiary/aromatic N) is 1. The second-order valence-electron chi connectivity index (χ2n) is 4.90. The number of amides is 1. The second-order valence-corrected chi connectivity index (χ2v) is 4.90. The lowest BCUT2D eigenvalue weighted by Crippen LogP contribution is -2.29. The highest BCUT2D eigenvalue weighted by atomic mass is 16.6. The molecule has 0 aliphatic carbocycles. The molecule has 0 saturated carbocycles. The minimum atomic E-state index is -1.05. The minimum absolute atomic E-state index is 0.143. The molecule has 0 bridgehead atoms. The molecule has 0 saturated heterocycles. The third-order valence-electron chi connectivity index (χ3n) is 3.02. The normalized spacial score (nSPS) is 12.3. The number of carboxylic acid groups (broad SMARTS) is 1. The minimum Gasteiger partial charge on any atom is -0.480 e. The Balaban J connectivity index is 0.000000181. The fourth-order valence-corrected chi connectivity index (χ4v) is 1.89. The summed E-state index contributed by atoms with van der Waals surface area (Å²) in [4.78, 5) is 35.9. The molecule has 1 amide bonds. The van der Waals surface area contributed by atoms with Gasteiger partial charge in [0.1, 0.15) is 13.1 Å². The molecule has 3 rings (SSSR count). The van der Waals surface area contributed by atoms with Gasteiger partial charge in [0.15, 0.2) is 0 Å². The molecule has 2 aromatic rings. The largest absolute Gasteiger partial charge is 0.480 e. The molecular weight excluding hydrogens is 324 g/mol. The molecule has 2 N–H and O–H groups in total. The van der Waals surface area contributed by atoms with Crippen molar-refractivity contribution in [3.63, 3.8) is 0 Å². The van der Waals surface area contributed by atoms with Crippen molar-refractivity contribution in [3.8, 4) is 0 Å². The van der Waals surface area contributed by atoms with Gasteiger partial charge in [0, 0.05) is 11.1 Å². The van der Waals surface area contributed by atoms with Crippen LogP contribution < -0.4 is 5.32 Å². The molecule has 2 aromatic carbocycles. The van der Waals surface area contributed by atoms with Crippen molar-refractivity contribution in [1.82, 2.24) is 5.32 Å². The van der Waals surface area contributed by atoms with Crippen molar-refractivity contribution in [2.24, 2.45) is 4.99 Å². The van der Waals surface area contributed by atoms with Crippen LogP contribution in [0.5, 0.6) is 0 Å². The van der Waals surface area contributed by atoms with E-state index in [9.17, 15) is 14.4 Å². The molecule has 1 aliphatic heterocycles. The van der Waals surface area contributed by atoms with Crippen molar-refractivity contribution in [2.45, 2.75) is 0 Å². The van der Waals surface area contributed by atoms with E-state index in [1.807, 2.05) is 30.3 Å². The van der Waals surface area contributed by atoms with Crippen LogP contribution in [0.2, 0.25) is 0 Å². The number of nitrogens with one attached hydrogen (secondary N) is 1. The number of ether oxygens (including phenoxy) is 1. The van der Waals surface area contributed by atoms with Crippen LogP contribution in [-0.4, -0.2) is 41.9 Å². The predicted octanol–water partition coefficient (Wildman–Crippen LogP) is 1.49. The van der Waals surface area contributed by atoms with Crippen LogP contribution in [0.3, 0.4) is 0 Å². The zero-order valence-electron chi connectivity index (χ0n) is 13.2. The van der Waals surface area contributed by atoms with E-state index < -0.39 is 5.97 Å². The lowest BCUT2D eigenvalue weighted by atomic mass is 10.2. The van der Waals surface area contributed by atoms with E-state index in [1.54, 1.807) is 30.3 Å². The molecule has 7 nitrogen and oxygen atoms in total. The first-order valence-electron chi connectivity index (χ1n) is 7.42. The fraction of sp³-hybridized carbons (Fsp3) is 0.111. The van der Waals surface area contributed by atoms with E-state index in [-0.39, 0.29) is 25.0 Å². The van der Waals surface area contributed by atoms with Crippen molar-refractivity contribution < 1.29 is 24.2 Å². The molecule has 1 aliphatic rings. The van der Waals surface area contributed by atoms with Crippen molar-refractivity contribution in [1.29, 1.82) is 0 Å². The topological polar surface area (TPSA) is 105 Å². The number of rotatable bonds is 4. The zero-order chi connectivity index (χ0) is 18.1. The van der Waals surface area contributed by atoms with Crippen LogP contribution in [0.1, 0.15) is 15.9 Å². The summed E-state index contributed by atoms with van der Waals surface area (Å²) in [5.41, 5.74) is 1.31. The average Bonchev–Trinajstić information content (AvgIpc) is 3.08. The summed E-state index contributed by atoms with van der Waals surface area (Å²) in [6.07, 6.45) is 0. The third-order valence-corrected chi connectivity index (χ3v) is 3.02. The monoisotopic (exact) mass is 340 g/mol. The highest BCUT2D eigenvalue weighted by molar-refractivity contribution is 6.04. The summed E-state index contributed by atoms with van der Waals surface area (Å²) in [6.45, 7) is -0.210. The smallest absolute Gasteiger partial charge is 0.334 e.